The number of anilines is 1. The van der Waals surface area contributed by atoms with E-state index >= 15 is 0 Å². The smallest absolute Gasteiger partial charge is 0.416 e. The molecule has 11 nitrogen and oxygen atoms in total. The number of sulfonamides is 1. The second kappa shape index (κ2) is 14.1. The van der Waals surface area contributed by atoms with E-state index in [1.165, 1.54) is 28.4 Å². The van der Waals surface area contributed by atoms with Crippen molar-refractivity contribution in [3.8, 4) is 5.19 Å². The van der Waals surface area contributed by atoms with E-state index in [1.54, 1.807) is 25.1 Å². The number of thiazole rings is 1. The van der Waals surface area contributed by atoms with Crippen LogP contribution in [0.4, 0.5) is 18.9 Å². The molecule has 2 aliphatic carbocycles. The number of ether oxygens (including phenoxy) is 1. The number of allylic oxidation sites excluding steroid dienone is 1. The number of hydrogen-bond donors (Lipinski definition) is 3. The summed E-state index contributed by atoms with van der Waals surface area (Å²) in [6.07, 6.45) is 2.37. The molecule has 53 heavy (non-hydrogen) atoms. The van der Waals surface area contributed by atoms with Crippen LogP contribution < -0.4 is 20.1 Å². The van der Waals surface area contributed by atoms with Crippen molar-refractivity contribution in [1.82, 2.24) is 19.9 Å². The number of carbonyl (C=O) groups is 3. The Morgan fingerprint density at radius 1 is 1.13 bits per heavy atom. The van der Waals surface area contributed by atoms with Crippen LogP contribution in [0.15, 0.2) is 54.6 Å². The van der Waals surface area contributed by atoms with Crippen LogP contribution in [0.5, 0.6) is 5.19 Å². The molecular weight excluding hydrogens is 755 g/mol. The maximum Gasteiger partial charge on any atom is 0.416 e. The summed E-state index contributed by atoms with van der Waals surface area (Å²) in [5, 5.41) is 6.66. The largest absolute Gasteiger partial charge is 0.465 e. The molecule has 1 aromatic heterocycles. The summed E-state index contributed by atoms with van der Waals surface area (Å²) in [5.74, 6) is -2.50. The summed E-state index contributed by atoms with van der Waals surface area (Å²) < 4.78 is 75.1. The van der Waals surface area contributed by atoms with Gasteiger partial charge in [0.2, 0.25) is 21.8 Å². The van der Waals surface area contributed by atoms with E-state index in [-0.39, 0.29) is 31.5 Å². The number of nitrogens with one attached hydrogen (secondary N) is 3. The van der Waals surface area contributed by atoms with E-state index in [0.717, 1.165) is 23.3 Å². The Morgan fingerprint density at radius 3 is 2.68 bits per heavy atom. The Balaban J connectivity index is 1.19. The van der Waals surface area contributed by atoms with Crippen LogP contribution in [-0.4, -0.2) is 71.0 Å². The molecule has 2 aliphatic heterocycles. The minimum Gasteiger partial charge on any atom is -0.465 e. The Hall–Kier alpha value is -3.89. The molecule has 1 saturated heterocycles. The molecule has 0 bridgehead atoms. The van der Waals surface area contributed by atoms with Crippen molar-refractivity contribution < 1.29 is 40.7 Å². The minimum atomic E-state index is -4.59. The van der Waals surface area contributed by atoms with Crippen LogP contribution in [0, 0.1) is 5.92 Å². The molecule has 3 fully saturated rings. The standard InChI is InChI=1S/C36H39ClF3N5O6S2/c1-34(14-15-34)53(49,50)44-32(48)35-19-22(35)8-5-3-2-4-6-11-27(41-24-10-7-9-21(16-24)36(38,39)40)31(47)45-20-25(18-28(45)30(46)43-35)51-33-42-26-13-12-23(37)17-29(26)52-33/h5,7-10,12-13,16-17,22,25,27-28,41H,2-4,6,11,14-15,18-20H2,1H3,(H,43,46)(H,44,48)/t22-,25-,27+,28+,35-/m1/s1. The molecule has 7 rings (SSSR count). The van der Waals surface area contributed by atoms with Crippen molar-refractivity contribution >= 4 is 66.6 Å². The lowest BCUT2D eigenvalue weighted by atomic mass is 10.0. The third-order valence-corrected chi connectivity index (χ3v) is 13.9. The quantitative estimate of drug-likeness (QED) is 0.240. The average molecular weight is 794 g/mol. The third kappa shape index (κ3) is 7.86. The molecule has 3 aromatic rings. The van der Waals surface area contributed by atoms with Gasteiger partial charge in [0.25, 0.3) is 11.1 Å². The topological polar surface area (TPSA) is 147 Å². The molecule has 0 unspecified atom stereocenters. The summed E-state index contributed by atoms with van der Waals surface area (Å²) in [6, 6.07) is 7.65. The van der Waals surface area contributed by atoms with Crippen molar-refractivity contribution in [2.24, 2.45) is 5.92 Å². The number of fused-ring (bicyclic) bond motifs is 3. The highest BCUT2D eigenvalue weighted by atomic mass is 35.5. The van der Waals surface area contributed by atoms with Crippen LogP contribution >= 0.6 is 22.9 Å². The molecule has 0 spiro atoms. The Bertz CT molecular complexity index is 2070. The van der Waals surface area contributed by atoms with Gasteiger partial charge in [-0.1, -0.05) is 54.0 Å². The van der Waals surface area contributed by atoms with Gasteiger partial charge in [-0.2, -0.15) is 13.2 Å². The second-order valence-corrected chi connectivity index (χ2v) is 18.2. The number of amides is 3. The fourth-order valence-corrected chi connectivity index (χ4v) is 9.47. The molecule has 17 heteroatoms. The fraction of sp³-hybridized carbons (Fsp3) is 0.500. The maximum atomic E-state index is 14.5. The number of hydrogen-bond acceptors (Lipinski definition) is 9. The summed E-state index contributed by atoms with van der Waals surface area (Å²) in [5.41, 5.74) is -1.68. The second-order valence-electron chi connectivity index (χ2n) is 14.6. The monoisotopic (exact) mass is 793 g/mol. The third-order valence-electron chi connectivity index (χ3n) is 10.6. The number of carbonyl (C=O) groups excluding carboxylic acids is 3. The van der Waals surface area contributed by atoms with Crippen LogP contribution in [0.3, 0.4) is 0 Å². The van der Waals surface area contributed by atoms with Crippen molar-refractivity contribution in [1.29, 1.82) is 0 Å². The van der Waals surface area contributed by atoms with Crippen molar-refractivity contribution in [2.75, 3.05) is 11.9 Å². The van der Waals surface area contributed by atoms with E-state index in [9.17, 15) is 36.0 Å². The van der Waals surface area contributed by atoms with E-state index in [1.807, 2.05) is 12.2 Å². The molecule has 3 amide bonds. The summed E-state index contributed by atoms with van der Waals surface area (Å²) in [4.78, 5) is 48.4. The van der Waals surface area contributed by atoms with Gasteiger partial charge in [-0.25, -0.2) is 13.4 Å². The first-order valence-corrected chi connectivity index (χ1v) is 20.3. The molecule has 4 aliphatic rings. The zero-order valence-corrected chi connectivity index (χ0v) is 31.1. The minimum absolute atomic E-state index is 0.0130. The number of alkyl halides is 3. The van der Waals surface area contributed by atoms with Gasteiger partial charge in [0, 0.05) is 23.0 Å². The average Bonchev–Trinajstić information content (AvgIpc) is 3.91. The number of benzene rings is 2. The summed E-state index contributed by atoms with van der Waals surface area (Å²) in [6.45, 7) is 1.51. The first kappa shape index (κ1) is 37.4. The molecular formula is C36H39ClF3N5O6S2. The number of aromatic nitrogens is 1. The highest BCUT2D eigenvalue weighted by Crippen LogP contribution is 2.47. The molecule has 2 saturated carbocycles. The zero-order chi connectivity index (χ0) is 37.8. The molecule has 5 atom stereocenters. The first-order valence-electron chi connectivity index (χ1n) is 17.6. The Kier molecular flexibility index (Phi) is 9.94. The van der Waals surface area contributed by atoms with E-state index in [2.05, 4.69) is 20.3 Å². The fourth-order valence-electron chi connectivity index (χ4n) is 7.00. The number of nitrogens with zero attached hydrogens (tertiary/aromatic N) is 2. The van der Waals surface area contributed by atoms with Crippen molar-refractivity contribution in [3.05, 3.63) is 65.2 Å². The van der Waals surface area contributed by atoms with E-state index in [4.69, 9.17) is 16.3 Å². The van der Waals surface area contributed by atoms with Gasteiger partial charge in [-0.15, -0.1) is 0 Å². The molecule has 2 aromatic carbocycles. The van der Waals surface area contributed by atoms with Gasteiger partial charge < -0.3 is 20.3 Å². The zero-order valence-electron chi connectivity index (χ0n) is 28.7. The SMILES string of the molecule is CC1(S(=O)(=O)NC(=O)[C@@]23C[C@H]2C=CCCCCC[C@H](Nc2cccc(C(F)(F)F)c2)C(=O)N2C[C@H](Oc4nc5ccc(Cl)cc5s4)C[C@H]2C(=O)N3)CC1. The van der Waals surface area contributed by atoms with Gasteiger partial charge in [-0.05, 0) is 81.8 Å². The maximum absolute atomic E-state index is 14.5. The van der Waals surface area contributed by atoms with Gasteiger partial charge in [-0.3, -0.25) is 19.1 Å². The van der Waals surface area contributed by atoms with Gasteiger partial charge in [0.1, 0.15) is 23.7 Å². The van der Waals surface area contributed by atoms with E-state index in [0.29, 0.717) is 47.8 Å². The molecule has 284 valence electrons. The van der Waals surface area contributed by atoms with Crippen LogP contribution in [0.1, 0.15) is 70.3 Å². The molecule has 0 radical (unpaired) electrons. The van der Waals surface area contributed by atoms with Crippen LogP contribution in [0.25, 0.3) is 10.2 Å². The Labute approximate surface area is 313 Å². The lowest BCUT2D eigenvalue weighted by Gasteiger charge is -2.30. The van der Waals surface area contributed by atoms with Crippen molar-refractivity contribution in [3.63, 3.8) is 0 Å². The lowest BCUT2D eigenvalue weighted by Crippen LogP contribution is -2.58. The normalized spacial score (nSPS) is 27.5. The van der Waals surface area contributed by atoms with Gasteiger partial charge in [0.05, 0.1) is 27.1 Å². The van der Waals surface area contributed by atoms with Crippen LogP contribution in [-0.2, 0) is 30.6 Å². The van der Waals surface area contributed by atoms with Crippen LogP contribution in [0.2, 0.25) is 5.02 Å². The summed E-state index contributed by atoms with van der Waals surface area (Å²) in [7, 11) is -4.02. The lowest BCUT2D eigenvalue weighted by molar-refractivity contribution is -0.140. The Morgan fingerprint density at radius 2 is 1.92 bits per heavy atom. The highest BCUT2D eigenvalue weighted by Gasteiger charge is 2.63. The van der Waals surface area contributed by atoms with Crippen molar-refractivity contribution in [2.45, 2.75) is 99.4 Å². The van der Waals surface area contributed by atoms with Gasteiger partial charge in [0.15, 0.2) is 0 Å². The highest BCUT2D eigenvalue weighted by molar-refractivity contribution is 7.91. The predicted octanol–water partition coefficient (Wildman–Crippen LogP) is 6.19. The molecule has 3 N–H and O–H groups in total. The molecule has 3 heterocycles. The number of halogens is 4. The predicted molar refractivity (Wildman–Crippen MR) is 194 cm³/mol. The first-order chi connectivity index (χ1) is 25.1. The van der Waals surface area contributed by atoms with E-state index < -0.39 is 73.9 Å². The number of rotatable bonds is 7. The van der Waals surface area contributed by atoms with Gasteiger partial charge >= 0.3 is 6.18 Å². The summed E-state index contributed by atoms with van der Waals surface area (Å²) >= 11 is 7.40.